The molecule has 1 heterocycles. The van der Waals surface area contributed by atoms with E-state index in [1.807, 2.05) is 37.3 Å². The molecular weight excluding hydrogens is 316 g/mol. The number of ether oxygens (including phenoxy) is 1. The topological polar surface area (TPSA) is 82.2 Å². The molecule has 0 bridgehead atoms. The quantitative estimate of drug-likeness (QED) is 0.810. The Morgan fingerprint density at radius 2 is 2.04 bits per heavy atom. The standard InChI is InChI=1S/C19H26N4O2/c1-2-12-25-16-13-23(15-8-4-3-5-9-15)22-17(16)18(24)21-19(14-20)10-6-7-11-19/h3-5,8-9,13H,2,6-7,10-12,14,20H2,1H3,(H,21,24). The molecule has 1 aliphatic rings. The summed E-state index contributed by atoms with van der Waals surface area (Å²) in [6.45, 7) is 3.02. The number of para-hydroxylation sites is 1. The van der Waals surface area contributed by atoms with Gasteiger partial charge in [-0.25, -0.2) is 4.68 Å². The number of aromatic nitrogens is 2. The molecule has 0 aliphatic heterocycles. The summed E-state index contributed by atoms with van der Waals surface area (Å²) in [5.41, 5.74) is 6.83. The summed E-state index contributed by atoms with van der Waals surface area (Å²) in [5.74, 6) is 0.293. The molecule has 0 spiro atoms. The van der Waals surface area contributed by atoms with E-state index in [0.29, 0.717) is 24.6 Å². The van der Waals surface area contributed by atoms with Gasteiger partial charge in [-0.15, -0.1) is 0 Å². The van der Waals surface area contributed by atoms with Crippen molar-refractivity contribution in [3.8, 4) is 11.4 Å². The van der Waals surface area contributed by atoms with Gasteiger partial charge in [0.05, 0.1) is 24.0 Å². The zero-order chi connectivity index (χ0) is 17.7. The van der Waals surface area contributed by atoms with E-state index in [0.717, 1.165) is 37.8 Å². The molecule has 25 heavy (non-hydrogen) atoms. The molecule has 1 amide bonds. The number of hydrogen-bond acceptors (Lipinski definition) is 4. The predicted molar refractivity (Wildman–Crippen MR) is 97.1 cm³/mol. The molecule has 1 saturated carbocycles. The highest BCUT2D eigenvalue weighted by Gasteiger charge is 2.35. The van der Waals surface area contributed by atoms with Crippen molar-refractivity contribution in [2.24, 2.45) is 5.73 Å². The summed E-state index contributed by atoms with van der Waals surface area (Å²) in [4.78, 5) is 12.9. The highest BCUT2D eigenvalue weighted by Crippen LogP contribution is 2.30. The molecule has 0 unspecified atom stereocenters. The molecule has 1 fully saturated rings. The van der Waals surface area contributed by atoms with Gasteiger partial charge in [0.25, 0.3) is 5.91 Å². The van der Waals surface area contributed by atoms with Gasteiger partial charge in [0.2, 0.25) is 0 Å². The first kappa shape index (κ1) is 17.5. The van der Waals surface area contributed by atoms with Gasteiger partial charge in [0.15, 0.2) is 11.4 Å². The van der Waals surface area contributed by atoms with Crippen LogP contribution >= 0.6 is 0 Å². The van der Waals surface area contributed by atoms with E-state index in [-0.39, 0.29) is 11.4 Å². The average Bonchev–Trinajstić information content (AvgIpc) is 3.28. The van der Waals surface area contributed by atoms with Crippen molar-refractivity contribution in [3.05, 3.63) is 42.2 Å². The van der Waals surface area contributed by atoms with Gasteiger partial charge in [-0.3, -0.25) is 4.79 Å². The van der Waals surface area contributed by atoms with E-state index in [1.165, 1.54) is 0 Å². The van der Waals surface area contributed by atoms with Gasteiger partial charge < -0.3 is 15.8 Å². The van der Waals surface area contributed by atoms with Gasteiger partial charge in [0.1, 0.15) is 0 Å². The van der Waals surface area contributed by atoms with E-state index >= 15 is 0 Å². The summed E-state index contributed by atoms with van der Waals surface area (Å²) < 4.78 is 7.45. The van der Waals surface area contributed by atoms with Crippen LogP contribution in [0.4, 0.5) is 0 Å². The zero-order valence-corrected chi connectivity index (χ0v) is 14.7. The van der Waals surface area contributed by atoms with Crippen molar-refractivity contribution in [1.29, 1.82) is 0 Å². The lowest BCUT2D eigenvalue weighted by atomic mass is 9.97. The minimum atomic E-state index is -0.310. The van der Waals surface area contributed by atoms with Crippen LogP contribution in [0.2, 0.25) is 0 Å². The Hall–Kier alpha value is -2.34. The molecule has 0 atom stereocenters. The largest absolute Gasteiger partial charge is 0.489 e. The number of amides is 1. The Labute approximate surface area is 148 Å². The van der Waals surface area contributed by atoms with E-state index in [9.17, 15) is 4.79 Å². The fourth-order valence-electron chi connectivity index (χ4n) is 3.28. The van der Waals surface area contributed by atoms with Crippen molar-refractivity contribution in [2.75, 3.05) is 13.2 Å². The lowest BCUT2D eigenvalue weighted by Gasteiger charge is -2.28. The van der Waals surface area contributed by atoms with Crippen LogP contribution in [0.1, 0.15) is 49.5 Å². The second kappa shape index (κ2) is 7.70. The molecule has 1 aromatic heterocycles. The predicted octanol–water partition coefficient (Wildman–Crippen LogP) is 2.66. The van der Waals surface area contributed by atoms with Crippen LogP contribution in [0, 0.1) is 0 Å². The number of hydrogen-bond donors (Lipinski definition) is 2. The monoisotopic (exact) mass is 342 g/mol. The molecule has 1 aromatic carbocycles. The van der Waals surface area contributed by atoms with Crippen LogP contribution < -0.4 is 15.8 Å². The van der Waals surface area contributed by atoms with Gasteiger partial charge >= 0.3 is 0 Å². The zero-order valence-electron chi connectivity index (χ0n) is 14.7. The van der Waals surface area contributed by atoms with Crippen LogP contribution in [0.3, 0.4) is 0 Å². The molecule has 1 aliphatic carbocycles. The third-order valence-electron chi connectivity index (χ3n) is 4.71. The first-order valence-electron chi connectivity index (χ1n) is 8.98. The van der Waals surface area contributed by atoms with Crippen molar-refractivity contribution in [1.82, 2.24) is 15.1 Å². The molecule has 0 radical (unpaired) electrons. The summed E-state index contributed by atoms with van der Waals surface area (Å²) in [6.07, 6.45) is 6.65. The SMILES string of the molecule is CCCOc1cn(-c2ccccc2)nc1C(=O)NC1(CN)CCCC1. The number of benzene rings is 1. The van der Waals surface area contributed by atoms with Crippen LogP contribution in [0.25, 0.3) is 5.69 Å². The number of carbonyl (C=O) groups is 1. The van der Waals surface area contributed by atoms with Gasteiger partial charge in [-0.1, -0.05) is 38.0 Å². The Kier molecular flexibility index (Phi) is 5.38. The Bertz CT molecular complexity index is 705. The van der Waals surface area contributed by atoms with E-state index < -0.39 is 0 Å². The smallest absolute Gasteiger partial charge is 0.276 e. The van der Waals surface area contributed by atoms with E-state index in [4.69, 9.17) is 10.5 Å². The number of carbonyl (C=O) groups excluding carboxylic acids is 1. The summed E-state index contributed by atoms with van der Waals surface area (Å²) in [5, 5.41) is 7.60. The lowest BCUT2D eigenvalue weighted by Crippen LogP contribution is -2.51. The second-order valence-corrected chi connectivity index (χ2v) is 6.62. The lowest BCUT2D eigenvalue weighted by molar-refractivity contribution is 0.0893. The van der Waals surface area contributed by atoms with Gasteiger partial charge in [0, 0.05) is 6.54 Å². The molecule has 6 nitrogen and oxygen atoms in total. The van der Waals surface area contributed by atoms with Crippen molar-refractivity contribution in [2.45, 2.75) is 44.6 Å². The Morgan fingerprint density at radius 3 is 2.68 bits per heavy atom. The fourth-order valence-corrected chi connectivity index (χ4v) is 3.28. The molecule has 0 saturated heterocycles. The van der Waals surface area contributed by atoms with Crippen LogP contribution in [-0.4, -0.2) is 34.4 Å². The third-order valence-corrected chi connectivity index (χ3v) is 4.71. The molecule has 134 valence electrons. The molecule has 6 heteroatoms. The molecule has 2 aromatic rings. The molecular formula is C19H26N4O2. The Morgan fingerprint density at radius 1 is 1.32 bits per heavy atom. The van der Waals surface area contributed by atoms with E-state index in [1.54, 1.807) is 10.9 Å². The number of nitrogens with one attached hydrogen (secondary N) is 1. The first-order valence-corrected chi connectivity index (χ1v) is 8.98. The second-order valence-electron chi connectivity index (χ2n) is 6.62. The minimum Gasteiger partial charge on any atom is -0.489 e. The summed E-state index contributed by atoms with van der Waals surface area (Å²) in [7, 11) is 0. The average molecular weight is 342 g/mol. The Balaban J connectivity index is 1.87. The van der Waals surface area contributed by atoms with E-state index in [2.05, 4.69) is 10.4 Å². The number of rotatable bonds is 7. The first-order chi connectivity index (χ1) is 12.2. The maximum atomic E-state index is 12.9. The van der Waals surface area contributed by atoms with Crippen molar-refractivity contribution >= 4 is 5.91 Å². The summed E-state index contributed by atoms with van der Waals surface area (Å²) >= 11 is 0. The maximum absolute atomic E-state index is 12.9. The third kappa shape index (κ3) is 3.85. The molecule has 3 N–H and O–H groups in total. The minimum absolute atomic E-state index is 0.215. The summed E-state index contributed by atoms with van der Waals surface area (Å²) in [6, 6.07) is 9.70. The van der Waals surface area contributed by atoms with Gasteiger partial charge in [-0.05, 0) is 31.4 Å². The highest BCUT2D eigenvalue weighted by molar-refractivity contribution is 5.95. The van der Waals surface area contributed by atoms with Gasteiger partial charge in [-0.2, -0.15) is 5.10 Å². The maximum Gasteiger partial charge on any atom is 0.276 e. The highest BCUT2D eigenvalue weighted by atomic mass is 16.5. The number of nitrogens with zero attached hydrogens (tertiary/aromatic N) is 2. The normalized spacial score (nSPS) is 15.9. The van der Waals surface area contributed by atoms with Crippen molar-refractivity contribution < 1.29 is 9.53 Å². The van der Waals surface area contributed by atoms with Crippen molar-refractivity contribution in [3.63, 3.8) is 0 Å². The fraction of sp³-hybridized carbons (Fsp3) is 0.474. The van der Waals surface area contributed by atoms with Crippen LogP contribution in [-0.2, 0) is 0 Å². The van der Waals surface area contributed by atoms with Crippen LogP contribution in [0.15, 0.2) is 36.5 Å². The molecule has 3 rings (SSSR count). The number of nitrogens with two attached hydrogens (primary N) is 1. The van der Waals surface area contributed by atoms with Crippen LogP contribution in [0.5, 0.6) is 5.75 Å².